The van der Waals surface area contributed by atoms with Crippen LogP contribution in [0.4, 0.5) is 25.5 Å². The van der Waals surface area contributed by atoms with E-state index in [2.05, 4.69) is 15.5 Å². The van der Waals surface area contributed by atoms with Crippen LogP contribution >= 0.6 is 0 Å². The molecule has 2 bridgehead atoms. The van der Waals surface area contributed by atoms with Gasteiger partial charge in [0.05, 0.1) is 35.9 Å². The largest absolute Gasteiger partial charge is 0.447 e. The normalized spacial score (nSPS) is 20.8. The zero-order valence-electron chi connectivity index (χ0n) is 24.0. The van der Waals surface area contributed by atoms with Gasteiger partial charge >= 0.3 is 12.1 Å². The van der Waals surface area contributed by atoms with Gasteiger partial charge in [0.15, 0.2) is 11.5 Å². The highest BCUT2D eigenvalue weighted by molar-refractivity contribution is 5.90. The number of aromatic nitrogens is 4. The number of carbonyl (C=O) groups excluding carboxylic acids is 2. The number of likely N-dealkylation sites (tertiary alicyclic amines) is 1. The fourth-order valence-electron chi connectivity index (χ4n) is 5.94. The third kappa shape index (κ3) is 5.96. The van der Waals surface area contributed by atoms with E-state index in [4.69, 9.17) is 24.5 Å². The van der Waals surface area contributed by atoms with Crippen molar-refractivity contribution in [3.63, 3.8) is 0 Å². The van der Waals surface area contributed by atoms with Crippen LogP contribution in [0.25, 0.3) is 22.4 Å². The minimum Gasteiger partial charge on any atom is -0.447 e. The molecule has 3 amide bonds. The van der Waals surface area contributed by atoms with Crippen LogP contribution in [0.3, 0.4) is 0 Å². The molecule has 0 spiro atoms. The number of anilines is 2. The Morgan fingerprint density at radius 1 is 1.07 bits per heavy atom. The maximum Gasteiger partial charge on any atom is 0.410 e. The number of morpholine rings is 1. The molecule has 3 aliphatic rings. The Kier molecular flexibility index (Phi) is 8.09. The molecule has 2 aromatic heterocycles. The van der Waals surface area contributed by atoms with Crippen molar-refractivity contribution in [1.29, 1.82) is 0 Å². The van der Waals surface area contributed by atoms with Crippen LogP contribution < -0.4 is 15.5 Å². The first-order chi connectivity index (χ1) is 20.4. The Hall–Kier alpha value is -4.00. The number of ether oxygens (including phenoxy) is 2. The van der Waals surface area contributed by atoms with Crippen molar-refractivity contribution in [3.05, 3.63) is 30.5 Å². The van der Waals surface area contributed by atoms with E-state index in [-0.39, 0.29) is 37.0 Å². The smallest absolute Gasteiger partial charge is 0.410 e. The number of nitrogens with zero attached hydrogens (tertiary/aromatic N) is 6. The molecule has 224 valence electrons. The van der Waals surface area contributed by atoms with E-state index in [1.165, 1.54) is 0 Å². The molecule has 5 heterocycles. The molecular weight excluding hydrogens is 543 g/mol. The van der Waals surface area contributed by atoms with Gasteiger partial charge in [-0.15, -0.1) is 0 Å². The van der Waals surface area contributed by atoms with Crippen LogP contribution in [0.2, 0.25) is 0 Å². The van der Waals surface area contributed by atoms with Crippen molar-refractivity contribution in [2.75, 3.05) is 49.6 Å². The number of urea groups is 1. The number of nitrogens with one attached hydrogen (secondary N) is 2. The summed E-state index contributed by atoms with van der Waals surface area (Å²) in [6.07, 6.45) is 5.38. The summed E-state index contributed by atoms with van der Waals surface area (Å²) in [6, 6.07) is 6.88. The maximum absolute atomic E-state index is 12.4. The lowest BCUT2D eigenvalue weighted by Crippen LogP contribution is -2.43. The Morgan fingerprint density at radius 3 is 2.45 bits per heavy atom. The number of rotatable bonds is 7. The molecule has 2 N–H and O–H groups in total. The van der Waals surface area contributed by atoms with E-state index >= 15 is 0 Å². The molecule has 3 fully saturated rings. The number of alkyl halides is 1. The second-order valence-corrected chi connectivity index (χ2v) is 11.4. The summed E-state index contributed by atoms with van der Waals surface area (Å²) in [6.45, 7) is 5.74. The number of piperidine rings is 1. The van der Waals surface area contributed by atoms with Crippen molar-refractivity contribution >= 4 is 34.7 Å². The highest BCUT2D eigenvalue weighted by Crippen LogP contribution is 2.35. The summed E-state index contributed by atoms with van der Waals surface area (Å²) < 4.78 is 25.8. The average molecular weight is 581 g/mol. The van der Waals surface area contributed by atoms with Gasteiger partial charge in [-0.05, 0) is 63.8 Å². The second kappa shape index (κ2) is 12.1. The zero-order valence-corrected chi connectivity index (χ0v) is 24.0. The lowest BCUT2D eigenvalue weighted by molar-refractivity contribution is 0.0303. The van der Waals surface area contributed by atoms with Crippen LogP contribution in [-0.4, -0.2) is 94.5 Å². The molecule has 12 nitrogen and oxygen atoms in total. The molecule has 0 aliphatic carbocycles. The Bertz CT molecular complexity index is 1410. The van der Waals surface area contributed by atoms with E-state index in [0.717, 1.165) is 61.2 Å². The highest BCUT2D eigenvalue weighted by atomic mass is 19.1. The van der Waals surface area contributed by atoms with Crippen molar-refractivity contribution in [1.82, 2.24) is 30.0 Å². The van der Waals surface area contributed by atoms with E-state index in [0.29, 0.717) is 24.6 Å². The van der Waals surface area contributed by atoms with Gasteiger partial charge in [-0.1, -0.05) is 0 Å². The fourth-order valence-corrected chi connectivity index (χ4v) is 5.94. The molecule has 2 unspecified atom stereocenters. The van der Waals surface area contributed by atoms with Gasteiger partial charge in [-0.3, -0.25) is 0 Å². The molecule has 2 atom stereocenters. The predicted molar refractivity (Wildman–Crippen MR) is 155 cm³/mol. The molecule has 1 aromatic carbocycles. The average Bonchev–Trinajstić information content (AvgIpc) is 3.57. The molecule has 13 heteroatoms. The molecule has 3 saturated heterocycles. The van der Waals surface area contributed by atoms with Gasteiger partial charge in [-0.25, -0.2) is 28.6 Å². The zero-order chi connectivity index (χ0) is 29.2. The number of hydrogen-bond acceptors (Lipinski definition) is 8. The van der Waals surface area contributed by atoms with Crippen LogP contribution in [0.15, 0.2) is 30.5 Å². The number of fused-ring (bicyclic) bond motifs is 3. The lowest BCUT2D eigenvalue weighted by Gasteiger charge is -2.33. The van der Waals surface area contributed by atoms with Crippen molar-refractivity contribution in [3.8, 4) is 11.4 Å². The number of hydrogen-bond donors (Lipinski definition) is 2. The predicted octanol–water partition coefficient (Wildman–Crippen LogP) is 4.13. The maximum atomic E-state index is 12.4. The van der Waals surface area contributed by atoms with Gasteiger partial charge in [-0.2, -0.15) is 5.10 Å². The monoisotopic (exact) mass is 580 g/mol. The van der Waals surface area contributed by atoms with Crippen molar-refractivity contribution in [2.24, 2.45) is 0 Å². The lowest BCUT2D eigenvalue weighted by atomic mass is 10.1. The number of amides is 3. The molecule has 3 aliphatic heterocycles. The first-order valence-corrected chi connectivity index (χ1v) is 14.7. The second-order valence-electron chi connectivity index (χ2n) is 11.4. The van der Waals surface area contributed by atoms with Crippen molar-refractivity contribution < 1.29 is 23.5 Å². The minimum atomic E-state index is -0.625. The van der Waals surface area contributed by atoms with Crippen LogP contribution in [-0.2, 0) is 9.47 Å². The summed E-state index contributed by atoms with van der Waals surface area (Å²) in [5, 5.41) is 10.8. The number of benzene rings is 1. The summed E-state index contributed by atoms with van der Waals surface area (Å²) in [4.78, 5) is 38.5. The van der Waals surface area contributed by atoms with E-state index in [9.17, 15) is 14.0 Å². The minimum absolute atomic E-state index is 0.0431. The molecule has 6 rings (SSSR count). The van der Waals surface area contributed by atoms with E-state index < -0.39 is 12.7 Å². The SMILES string of the molecule is CC(C)OC(=O)N1CCC(n2ncc3c(N4CC5CCC(C4)O5)nc(-c4ccc(NC(=O)NCCF)cc4)nc32)CC1. The van der Waals surface area contributed by atoms with Crippen LogP contribution in [0.5, 0.6) is 0 Å². The molecule has 3 aromatic rings. The number of carbonyl (C=O) groups is 2. The third-order valence-corrected chi connectivity index (χ3v) is 7.96. The van der Waals surface area contributed by atoms with Gasteiger partial charge < -0.3 is 29.9 Å². The molecular formula is C29H37FN8O4. The van der Waals surface area contributed by atoms with E-state index in [1.807, 2.05) is 36.9 Å². The van der Waals surface area contributed by atoms with Crippen LogP contribution in [0.1, 0.15) is 45.6 Å². The molecule has 0 saturated carbocycles. The molecule has 0 radical (unpaired) electrons. The quantitative estimate of drug-likeness (QED) is 0.427. The summed E-state index contributed by atoms with van der Waals surface area (Å²) in [7, 11) is 0. The number of halogens is 1. The highest BCUT2D eigenvalue weighted by Gasteiger charge is 2.36. The topological polar surface area (TPSA) is 127 Å². The van der Waals surface area contributed by atoms with Crippen molar-refractivity contribution in [2.45, 2.75) is 63.9 Å². The molecule has 42 heavy (non-hydrogen) atoms. The van der Waals surface area contributed by atoms with Gasteiger partial charge in [0.1, 0.15) is 12.5 Å². The summed E-state index contributed by atoms with van der Waals surface area (Å²) in [5.74, 6) is 1.40. The Balaban J connectivity index is 1.29. The van der Waals surface area contributed by atoms with Gasteiger partial charge in [0.2, 0.25) is 0 Å². The summed E-state index contributed by atoms with van der Waals surface area (Å²) >= 11 is 0. The fraction of sp³-hybridized carbons (Fsp3) is 0.552. The first-order valence-electron chi connectivity index (χ1n) is 14.7. The third-order valence-electron chi connectivity index (χ3n) is 7.96. The van der Waals surface area contributed by atoms with Gasteiger partial charge in [0, 0.05) is 44.0 Å². The summed E-state index contributed by atoms with van der Waals surface area (Å²) in [5.41, 5.74) is 2.13. The van der Waals surface area contributed by atoms with E-state index in [1.54, 1.807) is 17.0 Å². The Labute approximate surface area is 243 Å². The Morgan fingerprint density at radius 2 is 1.79 bits per heavy atom. The first kappa shape index (κ1) is 28.1. The van der Waals surface area contributed by atoms with Gasteiger partial charge in [0.25, 0.3) is 0 Å². The van der Waals surface area contributed by atoms with Crippen LogP contribution in [0, 0.1) is 0 Å². The standard InChI is InChI=1S/C29H37FN8O4/c1-18(2)41-29(40)36-13-9-21(10-14-36)38-27-24(15-32-38)26(37-16-22-7-8-23(17-37)42-22)34-25(35-27)19-3-5-20(6-4-19)33-28(39)31-12-11-30/h3-6,15,18,21-23H,7-14,16-17H2,1-2H3,(H2,31,33,39).